The first kappa shape index (κ1) is 15.0. The number of likely N-dealkylation sites (N-methyl/N-ethyl adjacent to an activating group) is 1. The summed E-state index contributed by atoms with van der Waals surface area (Å²) in [5, 5.41) is 3.45. The van der Waals surface area contributed by atoms with Crippen LogP contribution in [0.15, 0.2) is 24.3 Å². The molecule has 2 aliphatic rings. The number of piperidine rings is 1. The maximum absolute atomic E-state index is 11.9. The lowest BCUT2D eigenvalue weighted by Crippen LogP contribution is -2.52. The Morgan fingerprint density at radius 3 is 2.59 bits per heavy atom. The van der Waals surface area contributed by atoms with Gasteiger partial charge in [-0.25, -0.2) is 0 Å². The molecule has 0 saturated carbocycles. The van der Waals surface area contributed by atoms with Gasteiger partial charge in [-0.3, -0.25) is 14.5 Å². The Morgan fingerprint density at radius 2 is 1.91 bits per heavy atom. The summed E-state index contributed by atoms with van der Waals surface area (Å²) in [6.45, 7) is 2.72. The van der Waals surface area contributed by atoms with Gasteiger partial charge in [-0.2, -0.15) is 0 Å². The molecule has 2 amide bonds. The maximum Gasteiger partial charge on any atom is 0.248 e. The zero-order valence-electron chi connectivity index (χ0n) is 13.0. The molecule has 0 aliphatic carbocycles. The lowest BCUT2D eigenvalue weighted by atomic mass is 9.91. The number of nitrogens with one attached hydrogen (secondary N) is 1. The summed E-state index contributed by atoms with van der Waals surface area (Å²) in [6.07, 6.45) is 3.46. The summed E-state index contributed by atoms with van der Waals surface area (Å²) in [7, 11) is 1.56. The molecule has 1 atom stereocenters. The van der Waals surface area contributed by atoms with Crippen LogP contribution in [0, 0.1) is 5.92 Å². The third-order valence-electron chi connectivity index (χ3n) is 4.64. The number of piperazine rings is 1. The van der Waals surface area contributed by atoms with Crippen LogP contribution in [0.25, 0.3) is 0 Å². The Labute approximate surface area is 131 Å². The van der Waals surface area contributed by atoms with E-state index in [9.17, 15) is 9.59 Å². The third kappa shape index (κ3) is 3.14. The predicted molar refractivity (Wildman–Crippen MR) is 85.7 cm³/mol. The first-order valence-corrected chi connectivity index (χ1v) is 7.98. The van der Waals surface area contributed by atoms with Gasteiger partial charge in [0.2, 0.25) is 11.8 Å². The van der Waals surface area contributed by atoms with Gasteiger partial charge in [-0.15, -0.1) is 0 Å². The summed E-state index contributed by atoms with van der Waals surface area (Å²) in [6, 6.07) is 8.16. The first-order valence-electron chi connectivity index (χ1n) is 7.98. The van der Waals surface area contributed by atoms with Gasteiger partial charge in [0.25, 0.3) is 0 Å². The van der Waals surface area contributed by atoms with Gasteiger partial charge >= 0.3 is 0 Å². The number of anilines is 1. The van der Waals surface area contributed by atoms with Gasteiger partial charge < -0.3 is 10.2 Å². The summed E-state index contributed by atoms with van der Waals surface area (Å²) in [4.78, 5) is 27.0. The van der Waals surface area contributed by atoms with Crippen molar-refractivity contribution < 1.29 is 9.59 Å². The van der Waals surface area contributed by atoms with Gasteiger partial charge in [0, 0.05) is 12.7 Å². The lowest BCUT2D eigenvalue weighted by molar-refractivity contribution is -0.143. The minimum Gasteiger partial charge on any atom is -0.353 e. The SMILES string of the molecule is CN1C(=O)CN(c2ccccc2CC2CCCNC2)CC1=O. The molecular weight excluding hydrogens is 278 g/mol. The van der Waals surface area contributed by atoms with Crippen LogP contribution < -0.4 is 10.2 Å². The van der Waals surface area contributed by atoms with Crippen LogP contribution in [0.4, 0.5) is 5.69 Å². The highest BCUT2D eigenvalue weighted by atomic mass is 16.2. The van der Waals surface area contributed by atoms with Crippen molar-refractivity contribution in [1.29, 1.82) is 0 Å². The van der Waals surface area contributed by atoms with Gasteiger partial charge in [-0.1, -0.05) is 18.2 Å². The second-order valence-corrected chi connectivity index (χ2v) is 6.25. The number of para-hydroxylation sites is 1. The summed E-state index contributed by atoms with van der Waals surface area (Å²) < 4.78 is 0. The van der Waals surface area contributed by atoms with E-state index in [2.05, 4.69) is 11.4 Å². The Hall–Kier alpha value is -1.88. The molecule has 1 aromatic carbocycles. The molecule has 1 aromatic rings. The Morgan fingerprint density at radius 1 is 1.18 bits per heavy atom. The molecule has 1 unspecified atom stereocenters. The Balaban J connectivity index is 1.78. The normalized spacial score (nSPS) is 23.0. The van der Waals surface area contributed by atoms with Crippen LogP contribution in [0.3, 0.4) is 0 Å². The summed E-state index contributed by atoms with van der Waals surface area (Å²) >= 11 is 0. The highest BCUT2D eigenvalue weighted by molar-refractivity contribution is 6.02. The topological polar surface area (TPSA) is 52.7 Å². The number of hydrogen-bond donors (Lipinski definition) is 1. The van der Waals surface area contributed by atoms with Crippen molar-refractivity contribution in [3.8, 4) is 0 Å². The van der Waals surface area contributed by atoms with E-state index in [1.807, 2.05) is 23.1 Å². The lowest BCUT2D eigenvalue weighted by Gasteiger charge is -2.34. The fraction of sp³-hybridized carbons (Fsp3) is 0.529. The van der Waals surface area contributed by atoms with Crippen LogP contribution >= 0.6 is 0 Å². The van der Waals surface area contributed by atoms with E-state index in [0.717, 1.165) is 25.2 Å². The van der Waals surface area contributed by atoms with Gasteiger partial charge in [0.05, 0.1) is 13.1 Å². The van der Waals surface area contributed by atoms with E-state index >= 15 is 0 Å². The number of amides is 2. The van der Waals surface area contributed by atoms with Crippen LogP contribution in [-0.4, -0.2) is 49.9 Å². The summed E-state index contributed by atoms with van der Waals surface area (Å²) in [5.41, 5.74) is 2.27. The molecular formula is C17H23N3O2. The van der Waals surface area contributed by atoms with Crippen molar-refractivity contribution in [3.05, 3.63) is 29.8 Å². The van der Waals surface area contributed by atoms with E-state index in [1.54, 1.807) is 7.05 Å². The number of nitrogens with zero attached hydrogens (tertiary/aromatic N) is 2. The second-order valence-electron chi connectivity index (χ2n) is 6.25. The molecule has 0 bridgehead atoms. The number of carbonyl (C=O) groups is 2. The van der Waals surface area contributed by atoms with Gasteiger partial charge in [-0.05, 0) is 49.9 Å². The minimum absolute atomic E-state index is 0.134. The third-order valence-corrected chi connectivity index (χ3v) is 4.64. The fourth-order valence-electron chi connectivity index (χ4n) is 3.31. The molecule has 0 spiro atoms. The molecule has 0 radical (unpaired) electrons. The van der Waals surface area contributed by atoms with Crippen molar-refractivity contribution in [2.24, 2.45) is 5.92 Å². The van der Waals surface area contributed by atoms with E-state index in [1.165, 1.54) is 23.3 Å². The van der Waals surface area contributed by atoms with Crippen LogP contribution in [0.1, 0.15) is 18.4 Å². The van der Waals surface area contributed by atoms with Crippen molar-refractivity contribution in [3.63, 3.8) is 0 Å². The van der Waals surface area contributed by atoms with Crippen molar-refractivity contribution in [2.75, 3.05) is 38.1 Å². The monoisotopic (exact) mass is 301 g/mol. The van der Waals surface area contributed by atoms with Gasteiger partial charge in [0.15, 0.2) is 0 Å². The predicted octanol–water partition coefficient (Wildman–Crippen LogP) is 1.03. The Bertz CT molecular complexity index is 549. The highest BCUT2D eigenvalue weighted by Crippen LogP contribution is 2.26. The van der Waals surface area contributed by atoms with E-state index < -0.39 is 0 Å². The average Bonchev–Trinajstić information content (AvgIpc) is 2.54. The molecule has 22 heavy (non-hydrogen) atoms. The van der Waals surface area contributed by atoms with E-state index in [-0.39, 0.29) is 24.9 Å². The number of hydrogen-bond acceptors (Lipinski definition) is 4. The zero-order chi connectivity index (χ0) is 15.5. The van der Waals surface area contributed by atoms with Crippen LogP contribution in [0.2, 0.25) is 0 Å². The number of carbonyl (C=O) groups excluding carboxylic acids is 2. The molecule has 1 N–H and O–H groups in total. The first-order chi connectivity index (χ1) is 10.6. The number of imide groups is 1. The van der Waals surface area contributed by atoms with Gasteiger partial charge in [0.1, 0.15) is 0 Å². The molecule has 2 aliphatic heterocycles. The van der Waals surface area contributed by atoms with Crippen LogP contribution in [-0.2, 0) is 16.0 Å². The van der Waals surface area contributed by atoms with E-state index in [4.69, 9.17) is 0 Å². The summed E-state index contributed by atoms with van der Waals surface area (Å²) in [5.74, 6) is 0.365. The number of rotatable bonds is 3. The Kier molecular flexibility index (Phi) is 4.43. The fourth-order valence-corrected chi connectivity index (χ4v) is 3.31. The second kappa shape index (κ2) is 6.48. The molecule has 118 valence electrons. The molecule has 5 heteroatoms. The molecule has 2 saturated heterocycles. The van der Waals surface area contributed by atoms with E-state index in [0.29, 0.717) is 5.92 Å². The van der Waals surface area contributed by atoms with Crippen molar-refractivity contribution in [1.82, 2.24) is 10.2 Å². The molecule has 2 fully saturated rings. The quantitative estimate of drug-likeness (QED) is 0.848. The average molecular weight is 301 g/mol. The largest absolute Gasteiger partial charge is 0.353 e. The minimum atomic E-state index is -0.134. The molecule has 3 rings (SSSR count). The molecule has 5 nitrogen and oxygen atoms in total. The maximum atomic E-state index is 11.9. The van der Waals surface area contributed by atoms with Crippen LogP contribution in [0.5, 0.6) is 0 Å². The molecule has 0 aromatic heterocycles. The smallest absolute Gasteiger partial charge is 0.248 e. The molecule has 2 heterocycles. The highest BCUT2D eigenvalue weighted by Gasteiger charge is 2.29. The van der Waals surface area contributed by atoms with Crippen molar-refractivity contribution in [2.45, 2.75) is 19.3 Å². The zero-order valence-corrected chi connectivity index (χ0v) is 13.0. The standard InChI is InChI=1S/C17H23N3O2/c1-19-16(21)11-20(12-17(19)22)15-7-3-2-6-14(15)9-13-5-4-8-18-10-13/h2-3,6-7,13,18H,4-5,8-12H2,1H3. The number of benzene rings is 1. The van der Waals surface area contributed by atoms with Crippen molar-refractivity contribution >= 4 is 17.5 Å².